The van der Waals surface area contributed by atoms with Crippen LogP contribution in [-0.2, 0) is 11.2 Å². The van der Waals surface area contributed by atoms with Crippen LogP contribution in [0.5, 0.6) is 0 Å². The molecule has 7 heteroatoms. The van der Waals surface area contributed by atoms with Crippen molar-refractivity contribution < 1.29 is 4.79 Å². The highest BCUT2D eigenvalue weighted by molar-refractivity contribution is 7.71. The molecule has 0 radical (unpaired) electrons. The Kier molecular flexibility index (Phi) is 4.27. The van der Waals surface area contributed by atoms with Gasteiger partial charge in [-0.15, -0.1) is 11.3 Å². The van der Waals surface area contributed by atoms with Crippen LogP contribution in [0.4, 0.5) is 0 Å². The molecule has 1 aliphatic carbocycles. The van der Waals surface area contributed by atoms with Crippen LogP contribution >= 0.6 is 23.6 Å². The number of benzene rings is 1. The molecule has 25 heavy (non-hydrogen) atoms. The predicted molar refractivity (Wildman–Crippen MR) is 101 cm³/mol. The summed E-state index contributed by atoms with van der Waals surface area (Å²) >= 11 is 6.93. The number of hydrogen-bond donors (Lipinski definition) is 2. The van der Waals surface area contributed by atoms with Crippen LogP contribution in [0.25, 0.3) is 10.7 Å². The molecular weight excluding hydrogens is 352 g/mol. The Morgan fingerprint density at radius 1 is 1.40 bits per heavy atom. The summed E-state index contributed by atoms with van der Waals surface area (Å²) in [6, 6.07) is 11.9. The third-order valence-corrected chi connectivity index (χ3v) is 5.82. The van der Waals surface area contributed by atoms with Crippen LogP contribution in [0.3, 0.4) is 0 Å². The second-order valence-corrected chi connectivity index (χ2v) is 7.51. The number of amides is 1. The molecule has 128 valence electrons. The van der Waals surface area contributed by atoms with Crippen molar-refractivity contribution in [2.45, 2.75) is 31.8 Å². The van der Waals surface area contributed by atoms with Crippen molar-refractivity contribution in [1.82, 2.24) is 20.1 Å². The molecule has 1 aromatic carbocycles. The van der Waals surface area contributed by atoms with Crippen LogP contribution in [0.2, 0.25) is 0 Å². The number of nitrogens with one attached hydrogen (secondary N) is 2. The lowest BCUT2D eigenvalue weighted by Crippen LogP contribution is -2.33. The highest BCUT2D eigenvalue weighted by atomic mass is 32.1. The molecule has 0 aliphatic heterocycles. The number of aromatic amines is 1. The fourth-order valence-corrected chi connectivity index (χ4v) is 4.36. The fraction of sp³-hybridized carbons (Fsp3) is 0.278. The molecule has 5 nitrogen and oxygen atoms in total. The summed E-state index contributed by atoms with van der Waals surface area (Å²) in [4.78, 5) is 13.8. The first-order valence-electron chi connectivity index (χ1n) is 8.24. The molecule has 2 heterocycles. The van der Waals surface area contributed by atoms with E-state index >= 15 is 0 Å². The Morgan fingerprint density at radius 3 is 3.04 bits per heavy atom. The van der Waals surface area contributed by atoms with E-state index in [1.165, 1.54) is 11.1 Å². The zero-order valence-electron chi connectivity index (χ0n) is 13.7. The molecule has 2 aromatic heterocycles. The van der Waals surface area contributed by atoms with Gasteiger partial charge in [-0.05, 0) is 54.6 Å². The normalized spacial score (nSPS) is 17.2. The SMILES string of the molecule is C[C@H](C(=O)N[C@H]1CCc2ccccc21)n1c(-c2cccs2)n[nH]c1=S. The van der Waals surface area contributed by atoms with Gasteiger partial charge >= 0.3 is 0 Å². The maximum atomic E-state index is 12.9. The number of carbonyl (C=O) groups excluding carboxylic acids is 1. The van der Waals surface area contributed by atoms with E-state index in [1.54, 1.807) is 15.9 Å². The van der Waals surface area contributed by atoms with E-state index in [-0.39, 0.29) is 11.9 Å². The first kappa shape index (κ1) is 16.2. The minimum absolute atomic E-state index is 0.0444. The zero-order valence-corrected chi connectivity index (χ0v) is 15.4. The van der Waals surface area contributed by atoms with Crippen molar-refractivity contribution in [3.63, 3.8) is 0 Å². The van der Waals surface area contributed by atoms with Gasteiger partial charge in [-0.25, -0.2) is 0 Å². The minimum Gasteiger partial charge on any atom is -0.347 e. The molecule has 0 unspecified atom stereocenters. The number of nitrogens with zero attached hydrogens (tertiary/aromatic N) is 2. The zero-order chi connectivity index (χ0) is 17.4. The first-order chi connectivity index (χ1) is 12.1. The average molecular weight is 371 g/mol. The van der Waals surface area contributed by atoms with Gasteiger partial charge in [0.05, 0.1) is 10.9 Å². The molecule has 0 spiro atoms. The number of aryl methyl sites for hydroxylation is 1. The molecule has 1 amide bonds. The lowest BCUT2D eigenvalue weighted by atomic mass is 10.1. The van der Waals surface area contributed by atoms with Crippen molar-refractivity contribution in [3.8, 4) is 10.7 Å². The molecule has 0 fully saturated rings. The van der Waals surface area contributed by atoms with Crippen LogP contribution in [0.1, 0.15) is 36.6 Å². The Bertz CT molecular complexity index is 958. The van der Waals surface area contributed by atoms with E-state index in [9.17, 15) is 4.79 Å². The van der Waals surface area contributed by atoms with Crippen molar-refractivity contribution >= 4 is 29.5 Å². The summed E-state index contributed by atoms with van der Waals surface area (Å²) in [5, 5.41) is 12.3. The topological polar surface area (TPSA) is 62.7 Å². The Labute approximate surface area is 154 Å². The number of fused-ring (bicyclic) bond motifs is 1. The molecule has 0 bridgehead atoms. The Balaban J connectivity index is 1.58. The smallest absolute Gasteiger partial charge is 0.243 e. The third kappa shape index (κ3) is 2.94. The number of rotatable bonds is 4. The van der Waals surface area contributed by atoms with Gasteiger partial charge in [-0.2, -0.15) is 5.10 Å². The summed E-state index contributed by atoms with van der Waals surface area (Å²) < 4.78 is 2.25. The van der Waals surface area contributed by atoms with Crippen molar-refractivity contribution in [2.24, 2.45) is 0 Å². The predicted octanol–water partition coefficient (Wildman–Crippen LogP) is 4.03. The summed E-state index contributed by atoms with van der Waals surface area (Å²) in [5.74, 6) is 0.659. The Morgan fingerprint density at radius 2 is 2.24 bits per heavy atom. The molecule has 3 aromatic rings. The van der Waals surface area contributed by atoms with Crippen LogP contribution in [0, 0.1) is 4.77 Å². The van der Waals surface area contributed by atoms with Crippen molar-refractivity contribution in [2.75, 3.05) is 0 Å². The largest absolute Gasteiger partial charge is 0.347 e. The number of H-pyrrole nitrogens is 1. The van der Waals surface area contributed by atoms with Gasteiger partial charge in [-0.1, -0.05) is 30.3 Å². The molecule has 2 N–H and O–H groups in total. The Hall–Kier alpha value is -2.25. The number of thiophene rings is 1. The van der Waals surface area contributed by atoms with E-state index < -0.39 is 6.04 Å². The highest BCUT2D eigenvalue weighted by Crippen LogP contribution is 2.31. The lowest BCUT2D eigenvalue weighted by Gasteiger charge is -2.19. The van der Waals surface area contributed by atoms with Gasteiger partial charge in [0.25, 0.3) is 0 Å². The second kappa shape index (κ2) is 6.57. The van der Waals surface area contributed by atoms with Gasteiger partial charge in [0.2, 0.25) is 5.91 Å². The maximum absolute atomic E-state index is 12.9. The first-order valence-corrected chi connectivity index (χ1v) is 9.53. The number of carbonyl (C=O) groups is 1. The minimum atomic E-state index is -0.434. The standard InChI is InChI=1S/C18H18N4OS2/c1-11(22-16(20-21-18(22)24)15-7-4-10-25-15)17(23)19-14-9-8-12-5-2-3-6-13(12)14/h2-7,10-11,14H,8-9H2,1H3,(H,19,23)(H,21,24)/t11-,14+/m1/s1. The summed E-state index contributed by atoms with van der Waals surface area (Å²) in [6.07, 6.45) is 1.94. The van der Waals surface area contributed by atoms with Crippen LogP contribution in [-0.4, -0.2) is 20.7 Å². The summed E-state index contributed by atoms with van der Waals surface area (Å²) in [7, 11) is 0. The van der Waals surface area contributed by atoms with E-state index in [0.717, 1.165) is 17.7 Å². The summed E-state index contributed by atoms with van der Waals surface area (Å²) in [6.45, 7) is 1.86. The molecule has 0 saturated carbocycles. The van der Waals surface area contributed by atoms with E-state index in [2.05, 4.69) is 27.6 Å². The van der Waals surface area contributed by atoms with Crippen LogP contribution < -0.4 is 5.32 Å². The number of aromatic nitrogens is 3. The molecular formula is C18H18N4OS2. The maximum Gasteiger partial charge on any atom is 0.243 e. The quantitative estimate of drug-likeness (QED) is 0.682. The monoisotopic (exact) mass is 370 g/mol. The summed E-state index contributed by atoms with van der Waals surface area (Å²) in [5.41, 5.74) is 2.54. The average Bonchev–Trinajstić information content (AvgIpc) is 3.34. The van der Waals surface area contributed by atoms with Crippen LogP contribution in [0.15, 0.2) is 41.8 Å². The van der Waals surface area contributed by atoms with Gasteiger partial charge in [0, 0.05) is 0 Å². The molecule has 2 atom stereocenters. The van der Waals surface area contributed by atoms with Gasteiger partial charge in [0.1, 0.15) is 6.04 Å². The van der Waals surface area contributed by atoms with E-state index in [4.69, 9.17) is 12.2 Å². The fourth-order valence-electron chi connectivity index (χ4n) is 3.36. The van der Waals surface area contributed by atoms with Crippen molar-refractivity contribution in [1.29, 1.82) is 0 Å². The number of hydrogen-bond acceptors (Lipinski definition) is 4. The highest BCUT2D eigenvalue weighted by Gasteiger charge is 2.27. The molecule has 4 rings (SSSR count). The van der Waals surface area contributed by atoms with Gasteiger partial charge in [-0.3, -0.25) is 14.5 Å². The van der Waals surface area contributed by atoms with Gasteiger partial charge in [0.15, 0.2) is 10.6 Å². The second-order valence-electron chi connectivity index (χ2n) is 6.17. The third-order valence-electron chi connectivity index (χ3n) is 4.66. The van der Waals surface area contributed by atoms with E-state index in [0.29, 0.717) is 10.6 Å². The van der Waals surface area contributed by atoms with Gasteiger partial charge < -0.3 is 5.32 Å². The van der Waals surface area contributed by atoms with E-state index in [1.807, 2.05) is 36.6 Å². The lowest BCUT2D eigenvalue weighted by molar-refractivity contribution is -0.124. The molecule has 1 aliphatic rings. The molecule has 0 saturated heterocycles. The van der Waals surface area contributed by atoms with Crippen molar-refractivity contribution in [3.05, 3.63) is 57.7 Å².